The van der Waals surface area contributed by atoms with Crippen molar-refractivity contribution in [3.05, 3.63) is 47.4 Å². The van der Waals surface area contributed by atoms with Gasteiger partial charge in [0.05, 0.1) is 6.61 Å². The van der Waals surface area contributed by atoms with Gasteiger partial charge in [0, 0.05) is 30.9 Å². The molecule has 0 bridgehead atoms. The van der Waals surface area contributed by atoms with Crippen molar-refractivity contribution in [1.29, 1.82) is 0 Å². The quantitative estimate of drug-likeness (QED) is 0.712. The van der Waals surface area contributed by atoms with E-state index in [4.69, 9.17) is 13.8 Å². The van der Waals surface area contributed by atoms with Gasteiger partial charge >= 0.3 is 0 Å². The number of aryl methyl sites for hydroxylation is 3. The zero-order chi connectivity index (χ0) is 16.4. The average molecular weight is 326 g/mol. The largest absolute Gasteiger partial charge is 0.381 e. The third kappa shape index (κ3) is 3.21. The average Bonchev–Trinajstić information content (AvgIpc) is 3.33. The maximum atomic E-state index is 5.35. The summed E-state index contributed by atoms with van der Waals surface area (Å²) in [6.07, 6.45) is 2.10. The van der Waals surface area contributed by atoms with Crippen LogP contribution in [0.5, 0.6) is 0 Å². The highest BCUT2D eigenvalue weighted by Gasteiger charge is 2.23. The lowest BCUT2D eigenvalue weighted by Crippen LogP contribution is -2.00. The standard InChI is InChI=1S/C17H18N4O3/c1-11-3-2-4-12(9-11)16-18-14(23-20-16)5-6-15-19-17(21-24-15)13-7-8-22-10-13/h2-4,9,13H,5-8,10H2,1H3/t13-/m1/s1. The van der Waals surface area contributed by atoms with Crippen molar-refractivity contribution < 1.29 is 13.8 Å². The first kappa shape index (κ1) is 15.0. The molecule has 2 aromatic heterocycles. The Morgan fingerprint density at radius 3 is 2.71 bits per heavy atom. The number of hydrogen-bond donors (Lipinski definition) is 0. The minimum absolute atomic E-state index is 0.249. The number of benzene rings is 1. The van der Waals surface area contributed by atoms with E-state index in [1.54, 1.807) is 0 Å². The minimum Gasteiger partial charge on any atom is -0.381 e. The second-order valence-electron chi connectivity index (χ2n) is 5.99. The SMILES string of the molecule is Cc1cccc(-c2noc(CCc3nc([C@@H]4CCOC4)no3)n2)c1. The minimum atomic E-state index is 0.249. The lowest BCUT2D eigenvalue weighted by atomic mass is 10.1. The highest BCUT2D eigenvalue weighted by Crippen LogP contribution is 2.23. The Hall–Kier alpha value is -2.54. The lowest BCUT2D eigenvalue weighted by Gasteiger charge is -1.97. The van der Waals surface area contributed by atoms with E-state index in [0.29, 0.717) is 37.1 Å². The molecule has 3 heterocycles. The highest BCUT2D eigenvalue weighted by atomic mass is 16.5. The maximum absolute atomic E-state index is 5.35. The van der Waals surface area contributed by atoms with Crippen molar-refractivity contribution in [3.8, 4) is 11.4 Å². The summed E-state index contributed by atoms with van der Waals surface area (Å²) in [6.45, 7) is 3.47. The fourth-order valence-corrected chi connectivity index (χ4v) is 2.75. The van der Waals surface area contributed by atoms with Crippen LogP contribution in [0.2, 0.25) is 0 Å². The van der Waals surface area contributed by atoms with Crippen molar-refractivity contribution in [2.75, 3.05) is 13.2 Å². The summed E-state index contributed by atoms with van der Waals surface area (Å²) < 4.78 is 16.0. The summed E-state index contributed by atoms with van der Waals surface area (Å²) in [7, 11) is 0. The van der Waals surface area contributed by atoms with Gasteiger partial charge in [-0.3, -0.25) is 0 Å². The van der Waals surface area contributed by atoms with Gasteiger partial charge in [-0.05, 0) is 19.4 Å². The summed E-state index contributed by atoms with van der Waals surface area (Å²) in [5.74, 6) is 2.73. The topological polar surface area (TPSA) is 87.1 Å². The monoisotopic (exact) mass is 326 g/mol. The number of aromatic nitrogens is 4. The zero-order valence-corrected chi connectivity index (χ0v) is 13.4. The van der Waals surface area contributed by atoms with Crippen LogP contribution in [0.4, 0.5) is 0 Å². The van der Waals surface area contributed by atoms with E-state index in [-0.39, 0.29) is 5.92 Å². The zero-order valence-electron chi connectivity index (χ0n) is 13.4. The van der Waals surface area contributed by atoms with Crippen LogP contribution in [0, 0.1) is 6.92 Å². The van der Waals surface area contributed by atoms with Crippen molar-refractivity contribution >= 4 is 0 Å². The van der Waals surface area contributed by atoms with Gasteiger partial charge in [-0.2, -0.15) is 9.97 Å². The van der Waals surface area contributed by atoms with Gasteiger partial charge in [-0.1, -0.05) is 34.1 Å². The third-order valence-electron chi connectivity index (χ3n) is 4.08. The van der Waals surface area contributed by atoms with Crippen LogP contribution in [0.1, 0.15) is 35.5 Å². The van der Waals surface area contributed by atoms with E-state index in [0.717, 1.165) is 30.0 Å². The Morgan fingerprint density at radius 2 is 1.92 bits per heavy atom. The van der Waals surface area contributed by atoms with Crippen LogP contribution in [-0.2, 0) is 17.6 Å². The van der Waals surface area contributed by atoms with E-state index in [2.05, 4.69) is 20.3 Å². The van der Waals surface area contributed by atoms with Crippen molar-refractivity contribution in [3.63, 3.8) is 0 Å². The molecule has 7 nitrogen and oxygen atoms in total. The van der Waals surface area contributed by atoms with Gasteiger partial charge in [0.25, 0.3) is 0 Å². The summed E-state index contributed by atoms with van der Waals surface area (Å²) in [5, 5.41) is 8.08. The first-order valence-electron chi connectivity index (χ1n) is 8.08. The summed E-state index contributed by atoms with van der Waals surface area (Å²) >= 11 is 0. The molecule has 0 saturated carbocycles. The molecule has 0 radical (unpaired) electrons. The lowest BCUT2D eigenvalue weighted by molar-refractivity contribution is 0.192. The Morgan fingerprint density at radius 1 is 1.08 bits per heavy atom. The Kier molecular flexibility index (Phi) is 4.08. The Labute approximate surface area is 139 Å². The molecule has 4 rings (SSSR count). The van der Waals surface area contributed by atoms with E-state index in [1.165, 1.54) is 0 Å². The van der Waals surface area contributed by atoms with Gasteiger partial charge in [-0.15, -0.1) is 0 Å². The molecule has 124 valence electrons. The van der Waals surface area contributed by atoms with Gasteiger partial charge < -0.3 is 13.8 Å². The second-order valence-corrected chi connectivity index (χ2v) is 5.99. The van der Waals surface area contributed by atoms with E-state index in [1.807, 2.05) is 31.2 Å². The van der Waals surface area contributed by atoms with Crippen LogP contribution in [0.3, 0.4) is 0 Å². The van der Waals surface area contributed by atoms with Crippen molar-refractivity contribution in [1.82, 2.24) is 20.3 Å². The van der Waals surface area contributed by atoms with Crippen LogP contribution in [0.15, 0.2) is 33.3 Å². The molecule has 1 aromatic carbocycles. The van der Waals surface area contributed by atoms with Crippen LogP contribution in [-0.4, -0.2) is 33.5 Å². The molecule has 0 spiro atoms. The molecular weight excluding hydrogens is 308 g/mol. The number of rotatable bonds is 5. The highest BCUT2D eigenvalue weighted by molar-refractivity contribution is 5.55. The van der Waals surface area contributed by atoms with Crippen LogP contribution < -0.4 is 0 Å². The molecular formula is C17H18N4O3. The molecule has 1 atom stereocenters. The molecule has 0 aliphatic carbocycles. The number of nitrogens with zero attached hydrogens (tertiary/aromatic N) is 4. The van der Waals surface area contributed by atoms with Gasteiger partial charge in [0.1, 0.15) is 0 Å². The summed E-state index contributed by atoms with van der Waals surface area (Å²) in [5.41, 5.74) is 2.11. The van der Waals surface area contributed by atoms with Crippen molar-refractivity contribution in [2.24, 2.45) is 0 Å². The molecule has 24 heavy (non-hydrogen) atoms. The molecule has 7 heteroatoms. The molecule has 1 saturated heterocycles. The predicted molar refractivity (Wildman–Crippen MR) is 84.4 cm³/mol. The fraction of sp³-hybridized carbons (Fsp3) is 0.412. The number of ether oxygens (including phenoxy) is 1. The van der Waals surface area contributed by atoms with Crippen LogP contribution in [0.25, 0.3) is 11.4 Å². The van der Waals surface area contributed by atoms with E-state index < -0.39 is 0 Å². The van der Waals surface area contributed by atoms with Gasteiger partial charge in [-0.25, -0.2) is 0 Å². The predicted octanol–water partition coefficient (Wildman–Crippen LogP) is 2.72. The van der Waals surface area contributed by atoms with Gasteiger partial charge in [0.15, 0.2) is 5.82 Å². The first-order valence-corrected chi connectivity index (χ1v) is 8.08. The first-order chi connectivity index (χ1) is 11.8. The second kappa shape index (κ2) is 6.52. The maximum Gasteiger partial charge on any atom is 0.227 e. The summed E-state index contributed by atoms with van der Waals surface area (Å²) in [6, 6.07) is 8.01. The Balaban J connectivity index is 1.40. The molecule has 1 aliphatic rings. The third-order valence-corrected chi connectivity index (χ3v) is 4.08. The molecule has 0 amide bonds. The fourth-order valence-electron chi connectivity index (χ4n) is 2.75. The normalized spacial score (nSPS) is 17.5. The molecule has 1 fully saturated rings. The summed E-state index contributed by atoms with van der Waals surface area (Å²) in [4.78, 5) is 8.87. The van der Waals surface area contributed by atoms with Gasteiger partial charge in [0.2, 0.25) is 17.6 Å². The Bertz CT molecular complexity index is 821. The molecule has 1 aliphatic heterocycles. The smallest absolute Gasteiger partial charge is 0.227 e. The van der Waals surface area contributed by atoms with E-state index >= 15 is 0 Å². The molecule has 0 unspecified atom stereocenters. The van der Waals surface area contributed by atoms with Crippen molar-refractivity contribution in [2.45, 2.75) is 32.1 Å². The molecule has 3 aromatic rings. The molecule has 0 N–H and O–H groups in total. The van der Waals surface area contributed by atoms with Crippen LogP contribution >= 0.6 is 0 Å². The number of hydrogen-bond acceptors (Lipinski definition) is 7. The van der Waals surface area contributed by atoms with E-state index in [9.17, 15) is 0 Å².